The minimum atomic E-state index is -0.00851. The Morgan fingerprint density at radius 3 is 2.33 bits per heavy atom. The summed E-state index contributed by atoms with van der Waals surface area (Å²) in [6.45, 7) is 2.98. The standard InChI is InChI=1S/C16H19NO/c1-13-7-5-6-10-15(13)11-17-16(12-18)14-8-3-2-4-9-14/h2-10,16-18H,11-12H2,1H3. The molecule has 2 N–H and O–H groups in total. The molecule has 0 amide bonds. The quantitative estimate of drug-likeness (QED) is 0.843. The first-order chi connectivity index (χ1) is 8.81. The molecule has 18 heavy (non-hydrogen) atoms. The van der Waals surface area contributed by atoms with Gasteiger partial charge in [0.05, 0.1) is 12.6 Å². The van der Waals surface area contributed by atoms with Crippen LogP contribution >= 0.6 is 0 Å². The lowest BCUT2D eigenvalue weighted by molar-refractivity contribution is 0.243. The highest BCUT2D eigenvalue weighted by Crippen LogP contribution is 2.14. The highest BCUT2D eigenvalue weighted by atomic mass is 16.3. The molecular formula is C16H19NO. The van der Waals surface area contributed by atoms with Crippen LogP contribution in [0.2, 0.25) is 0 Å². The van der Waals surface area contributed by atoms with Gasteiger partial charge in [-0.1, -0.05) is 54.6 Å². The summed E-state index contributed by atoms with van der Waals surface area (Å²) in [7, 11) is 0. The smallest absolute Gasteiger partial charge is 0.0626 e. The summed E-state index contributed by atoms with van der Waals surface area (Å²) in [5.74, 6) is 0. The van der Waals surface area contributed by atoms with Gasteiger partial charge in [0, 0.05) is 6.54 Å². The summed E-state index contributed by atoms with van der Waals surface area (Å²) in [6, 6.07) is 18.3. The first kappa shape index (κ1) is 12.8. The SMILES string of the molecule is Cc1ccccc1CNC(CO)c1ccccc1. The van der Waals surface area contributed by atoms with Crippen molar-refractivity contribution in [1.29, 1.82) is 0 Å². The number of aliphatic hydroxyl groups excluding tert-OH is 1. The van der Waals surface area contributed by atoms with Crippen LogP contribution in [-0.4, -0.2) is 11.7 Å². The van der Waals surface area contributed by atoms with E-state index < -0.39 is 0 Å². The molecule has 94 valence electrons. The van der Waals surface area contributed by atoms with E-state index >= 15 is 0 Å². The number of nitrogens with one attached hydrogen (secondary N) is 1. The van der Waals surface area contributed by atoms with E-state index in [4.69, 9.17) is 0 Å². The first-order valence-corrected chi connectivity index (χ1v) is 6.25. The van der Waals surface area contributed by atoms with Gasteiger partial charge in [0.25, 0.3) is 0 Å². The van der Waals surface area contributed by atoms with Gasteiger partial charge in [0.2, 0.25) is 0 Å². The molecule has 0 aliphatic carbocycles. The van der Waals surface area contributed by atoms with Crippen LogP contribution in [0.4, 0.5) is 0 Å². The van der Waals surface area contributed by atoms with Crippen molar-refractivity contribution in [2.45, 2.75) is 19.5 Å². The molecular weight excluding hydrogens is 222 g/mol. The van der Waals surface area contributed by atoms with Crippen LogP contribution in [0.1, 0.15) is 22.7 Å². The van der Waals surface area contributed by atoms with Crippen LogP contribution in [0.3, 0.4) is 0 Å². The summed E-state index contributed by atoms with van der Waals surface area (Å²) >= 11 is 0. The fourth-order valence-corrected chi connectivity index (χ4v) is 2.01. The highest BCUT2D eigenvalue weighted by molar-refractivity contribution is 5.26. The third-order valence-corrected chi connectivity index (χ3v) is 3.18. The largest absolute Gasteiger partial charge is 0.394 e. The predicted molar refractivity (Wildman–Crippen MR) is 74.3 cm³/mol. The monoisotopic (exact) mass is 241 g/mol. The van der Waals surface area contributed by atoms with Crippen molar-refractivity contribution in [2.75, 3.05) is 6.61 Å². The van der Waals surface area contributed by atoms with Gasteiger partial charge in [-0.15, -0.1) is 0 Å². The molecule has 2 aromatic carbocycles. The van der Waals surface area contributed by atoms with E-state index in [0.717, 1.165) is 12.1 Å². The fraction of sp³-hybridized carbons (Fsp3) is 0.250. The topological polar surface area (TPSA) is 32.3 Å². The van der Waals surface area contributed by atoms with Gasteiger partial charge in [0.15, 0.2) is 0 Å². The molecule has 0 aliphatic heterocycles. The van der Waals surface area contributed by atoms with E-state index in [-0.39, 0.29) is 12.6 Å². The van der Waals surface area contributed by atoms with E-state index in [1.165, 1.54) is 11.1 Å². The fourth-order valence-electron chi connectivity index (χ4n) is 2.01. The Morgan fingerprint density at radius 1 is 1.00 bits per heavy atom. The minimum Gasteiger partial charge on any atom is -0.394 e. The Kier molecular flexibility index (Phi) is 4.51. The molecule has 0 aliphatic rings. The average molecular weight is 241 g/mol. The Bertz CT molecular complexity index is 481. The van der Waals surface area contributed by atoms with Gasteiger partial charge in [-0.2, -0.15) is 0 Å². The maximum Gasteiger partial charge on any atom is 0.0626 e. The van der Waals surface area contributed by atoms with Gasteiger partial charge in [-0.25, -0.2) is 0 Å². The van der Waals surface area contributed by atoms with E-state index in [0.29, 0.717) is 0 Å². The van der Waals surface area contributed by atoms with E-state index in [2.05, 4.69) is 24.4 Å². The molecule has 0 spiro atoms. The van der Waals surface area contributed by atoms with Crippen molar-refractivity contribution < 1.29 is 5.11 Å². The predicted octanol–water partition coefficient (Wildman–Crippen LogP) is 2.82. The Morgan fingerprint density at radius 2 is 1.67 bits per heavy atom. The second kappa shape index (κ2) is 6.34. The molecule has 0 bridgehead atoms. The summed E-state index contributed by atoms with van der Waals surface area (Å²) in [5.41, 5.74) is 3.66. The third kappa shape index (κ3) is 3.19. The zero-order valence-corrected chi connectivity index (χ0v) is 10.6. The van der Waals surface area contributed by atoms with Gasteiger partial charge < -0.3 is 10.4 Å². The molecule has 2 heteroatoms. The highest BCUT2D eigenvalue weighted by Gasteiger charge is 2.09. The van der Waals surface area contributed by atoms with E-state index in [9.17, 15) is 5.11 Å². The molecule has 2 aromatic rings. The van der Waals surface area contributed by atoms with Crippen LogP contribution in [0, 0.1) is 6.92 Å². The zero-order chi connectivity index (χ0) is 12.8. The Balaban J connectivity index is 2.02. The molecule has 2 rings (SSSR count). The molecule has 0 fully saturated rings. The second-order valence-electron chi connectivity index (χ2n) is 4.45. The third-order valence-electron chi connectivity index (χ3n) is 3.18. The van der Waals surface area contributed by atoms with Crippen molar-refractivity contribution in [3.63, 3.8) is 0 Å². The molecule has 1 unspecified atom stereocenters. The lowest BCUT2D eigenvalue weighted by Gasteiger charge is -2.17. The average Bonchev–Trinajstić information content (AvgIpc) is 2.42. The number of hydrogen-bond acceptors (Lipinski definition) is 2. The van der Waals surface area contributed by atoms with Crippen molar-refractivity contribution in [1.82, 2.24) is 5.32 Å². The maximum atomic E-state index is 9.46. The van der Waals surface area contributed by atoms with Crippen molar-refractivity contribution in [3.05, 3.63) is 71.3 Å². The molecule has 0 saturated heterocycles. The molecule has 0 heterocycles. The van der Waals surface area contributed by atoms with Gasteiger partial charge >= 0.3 is 0 Å². The molecule has 0 radical (unpaired) electrons. The first-order valence-electron chi connectivity index (χ1n) is 6.25. The number of aryl methyl sites for hydroxylation is 1. The Hall–Kier alpha value is -1.64. The van der Waals surface area contributed by atoms with Crippen LogP contribution in [0.5, 0.6) is 0 Å². The van der Waals surface area contributed by atoms with Crippen molar-refractivity contribution in [2.24, 2.45) is 0 Å². The lowest BCUT2D eigenvalue weighted by Crippen LogP contribution is -2.24. The summed E-state index contributed by atoms with van der Waals surface area (Å²) in [5, 5.41) is 12.9. The normalized spacial score (nSPS) is 12.3. The van der Waals surface area contributed by atoms with Gasteiger partial charge in [0.1, 0.15) is 0 Å². The van der Waals surface area contributed by atoms with Crippen molar-refractivity contribution >= 4 is 0 Å². The van der Waals surface area contributed by atoms with Crippen LogP contribution < -0.4 is 5.32 Å². The molecule has 1 atom stereocenters. The van der Waals surface area contributed by atoms with Crippen LogP contribution in [0.15, 0.2) is 54.6 Å². The maximum absolute atomic E-state index is 9.46. The van der Waals surface area contributed by atoms with E-state index in [1.54, 1.807) is 0 Å². The van der Waals surface area contributed by atoms with Crippen molar-refractivity contribution in [3.8, 4) is 0 Å². The Labute approximate surface area is 108 Å². The van der Waals surface area contributed by atoms with Crippen LogP contribution in [0.25, 0.3) is 0 Å². The number of rotatable bonds is 5. The second-order valence-corrected chi connectivity index (χ2v) is 4.45. The van der Waals surface area contributed by atoms with Crippen LogP contribution in [-0.2, 0) is 6.54 Å². The zero-order valence-electron chi connectivity index (χ0n) is 10.6. The van der Waals surface area contributed by atoms with Gasteiger partial charge in [-0.3, -0.25) is 0 Å². The van der Waals surface area contributed by atoms with Gasteiger partial charge in [-0.05, 0) is 23.6 Å². The lowest BCUT2D eigenvalue weighted by atomic mass is 10.1. The number of hydrogen-bond donors (Lipinski definition) is 2. The number of benzene rings is 2. The van der Waals surface area contributed by atoms with E-state index in [1.807, 2.05) is 42.5 Å². The number of aliphatic hydroxyl groups is 1. The summed E-state index contributed by atoms with van der Waals surface area (Å²) in [6.07, 6.45) is 0. The summed E-state index contributed by atoms with van der Waals surface area (Å²) < 4.78 is 0. The minimum absolute atomic E-state index is 0.00851. The molecule has 2 nitrogen and oxygen atoms in total. The summed E-state index contributed by atoms with van der Waals surface area (Å²) in [4.78, 5) is 0. The molecule has 0 saturated carbocycles. The molecule has 0 aromatic heterocycles.